The molecule has 0 spiro atoms. The standard InChI is InChI=1S/C13H19N3O4S/c1-9-7-12(3-4-13(9)16(17)18)21(19,20)15-11-5-6-14-10(2)8-11/h3-4,7,10-11,14-15H,5-6,8H2,1-2H3. The first-order valence-electron chi connectivity index (χ1n) is 6.80. The molecular weight excluding hydrogens is 294 g/mol. The molecule has 1 aliphatic heterocycles. The van der Waals surface area contributed by atoms with Crippen molar-refractivity contribution in [1.29, 1.82) is 0 Å². The average Bonchev–Trinajstić information content (AvgIpc) is 2.37. The number of nitro groups is 1. The number of hydrogen-bond donors (Lipinski definition) is 2. The zero-order valence-corrected chi connectivity index (χ0v) is 12.8. The molecule has 1 saturated heterocycles. The lowest BCUT2D eigenvalue weighted by Gasteiger charge is -2.28. The number of benzene rings is 1. The van der Waals surface area contributed by atoms with Crippen LogP contribution in [-0.2, 0) is 10.0 Å². The van der Waals surface area contributed by atoms with Crippen LogP contribution in [0.2, 0.25) is 0 Å². The van der Waals surface area contributed by atoms with E-state index in [1.54, 1.807) is 0 Å². The Labute approximate surface area is 123 Å². The normalized spacial score (nSPS) is 23.0. The zero-order chi connectivity index (χ0) is 15.6. The van der Waals surface area contributed by atoms with Gasteiger partial charge >= 0.3 is 0 Å². The van der Waals surface area contributed by atoms with Gasteiger partial charge in [0.05, 0.1) is 9.82 Å². The third kappa shape index (κ3) is 3.78. The number of rotatable bonds is 4. The Morgan fingerprint density at radius 3 is 2.71 bits per heavy atom. The van der Waals surface area contributed by atoms with Crippen LogP contribution < -0.4 is 10.0 Å². The Morgan fingerprint density at radius 1 is 1.43 bits per heavy atom. The predicted octanol–water partition coefficient (Wildman–Crippen LogP) is 1.32. The van der Waals surface area contributed by atoms with Crippen LogP contribution in [0.3, 0.4) is 0 Å². The highest BCUT2D eigenvalue weighted by Gasteiger charge is 2.25. The fourth-order valence-electron chi connectivity index (χ4n) is 2.53. The highest BCUT2D eigenvalue weighted by molar-refractivity contribution is 7.89. The Balaban J connectivity index is 2.19. The second-order valence-corrected chi connectivity index (χ2v) is 7.12. The van der Waals surface area contributed by atoms with E-state index in [-0.39, 0.29) is 22.7 Å². The van der Waals surface area contributed by atoms with Crippen molar-refractivity contribution in [3.63, 3.8) is 0 Å². The summed E-state index contributed by atoms with van der Waals surface area (Å²) in [5.41, 5.74) is 0.256. The third-order valence-corrected chi connectivity index (χ3v) is 5.14. The van der Waals surface area contributed by atoms with Crippen molar-refractivity contribution in [2.45, 2.75) is 43.7 Å². The molecule has 2 N–H and O–H groups in total. The Morgan fingerprint density at radius 2 is 2.14 bits per heavy atom. The maximum absolute atomic E-state index is 12.3. The SMILES string of the molecule is Cc1cc(S(=O)(=O)NC2CCNC(C)C2)ccc1[N+](=O)[O-]. The zero-order valence-electron chi connectivity index (χ0n) is 12.0. The second kappa shape index (κ2) is 6.08. The minimum absolute atomic E-state index is 0.0665. The number of hydrogen-bond acceptors (Lipinski definition) is 5. The molecule has 2 unspecified atom stereocenters. The maximum atomic E-state index is 12.3. The van der Waals surface area contributed by atoms with E-state index in [1.807, 2.05) is 6.92 Å². The first kappa shape index (κ1) is 15.9. The second-order valence-electron chi connectivity index (χ2n) is 5.40. The first-order valence-corrected chi connectivity index (χ1v) is 8.28. The van der Waals surface area contributed by atoms with E-state index in [2.05, 4.69) is 10.0 Å². The van der Waals surface area contributed by atoms with Gasteiger partial charge in [-0.25, -0.2) is 13.1 Å². The van der Waals surface area contributed by atoms with Crippen LogP contribution in [0.4, 0.5) is 5.69 Å². The van der Waals surface area contributed by atoms with E-state index in [4.69, 9.17) is 0 Å². The molecule has 0 saturated carbocycles. The number of nitrogens with one attached hydrogen (secondary N) is 2. The number of nitrogens with zero attached hydrogens (tertiary/aromatic N) is 1. The van der Waals surface area contributed by atoms with Crippen LogP contribution in [0.1, 0.15) is 25.3 Å². The van der Waals surface area contributed by atoms with Crippen molar-refractivity contribution in [3.8, 4) is 0 Å². The van der Waals surface area contributed by atoms with Gasteiger partial charge in [0.15, 0.2) is 0 Å². The fraction of sp³-hybridized carbons (Fsp3) is 0.538. The molecule has 1 fully saturated rings. The van der Waals surface area contributed by atoms with Crippen LogP contribution in [0.5, 0.6) is 0 Å². The van der Waals surface area contributed by atoms with E-state index in [9.17, 15) is 18.5 Å². The summed E-state index contributed by atoms with van der Waals surface area (Å²) in [4.78, 5) is 10.3. The lowest BCUT2D eigenvalue weighted by Crippen LogP contribution is -2.46. The molecule has 0 aromatic heterocycles. The van der Waals surface area contributed by atoms with Crippen molar-refractivity contribution < 1.29 is 13.3 Å². The van der Waals surface area contributed by atoms with Crippen molar-refractivity contribution in [2.24, 2.45) is 0 Å². The van der Waals surface area contributed by atoms with E-state index in [1.165, 1.54) is 25.1 Å². The van der Waals surface area contributed by atoms with Crippen LogP contribution >= 0.6 is 0 Å². The number of nitro benzene ring substituents is 1. The van der Waals surface area contributed by atoms with Crippen LogP contribution in [-0.4, -0.2) is 32.0 Å². The van der Waals surface area contributed by atoms with Gasteiger partial charge in [-0.3, -0.25) is 10.1 Å². The van der Waals surface area contributed by atoms with Crippen LogP contribution in [0.25, 0.3) is 0 Å². The first-order chi connectivity index (χ1) is 9.79. The van der Waals surface area contributed by atoms with Crippen molar-refractivity contribution in [3.05, 3.63) is 33.9 Å². The van der Waals surface area contributed by atoms with E-state index >= 15 is 0 Å². The smallest absolute Gasteiger partial charge is 0.272 e. The van der Waals surface area contributed by atoms with Gasteiger partial charge in [0.25, 0.3) is 5.69 Å². The lowest BCUT2D eigenvalue weighted by molar-refractivity contribution is -0.385. The maximum Gasteiger partial charge on any atom is 0.272 e. The predicted molar refractivity (Wildman–Crippen MR) is 78.6 cm³/mol. The largest absolute Gasteiger partial charge is 0.314 e. The molecule has 0 radical (unpaired) electrons. The Kier molecular flexibility index (Phi) is 4.60. The molecule has 1 heterocycles. The summed E-state index contributed by atoms with van der Waals surface area (Å²) in [6, 6.07) is 4.00. The minimum atomic E-state index is -3.65. The van der Waals surface area contributed by atoms with E-state index < -0.39 is 14.9 Å². The molecule has 21 heavy (non-hydrogen) atoms. The molecule has 1 aliphatic rings. The molecule has 8 heteroatoms. The lowest BCUT2D eigenvalue weighted by atomic mass is 10.0. The molecule has 2 rings (SSSR count). The van der Waals surface area contributed by atoms with E-state index in [0.29, 0.717) is 5.56 Å². The molecule has 2 atom stereocenters. The van der Waals surface area contributed by atoms with Gasteiger partial charge in [0, 0.05) is 23.7 Å². The third-order valence-electron chi connectivity index (χ3n) is 3.62. The van der Waals surface area contributed by atoms with Crippen molar-refractivity contribution in [2.75, 3.05) is 6.54 Å². The summed E-state index contributed by atoms with van der Waals surface area (Å²) in [5, 5.41) is 14.0. The minimum Gasteiger partial charge on any atom is -0.314 e. The molecule has 116 valence electrons. The molecular formula is C13H19N3O4S. The topological polar surface area (TPSA) is 101 Å². The average molecular weight is 313 g/mol. The highest BCUT2D eigenvalue weighted by atomic mass is 32.2. The number of piperidine rings is 1. The fourth-order valence-corrected chi connectivity index (χ4v) is 3.89. The molecule has 0 amide bonds. The summed E-state index contributed by atoms with van der Waals surface area (Å²) < 4.78 is 27.4. The Hall–Kier alpha value is -1.51. The summed E-state index contributed by atoms with van der Waals surface area (Å²) >= 11 is 0. The molecule has 1 aromatic rings. The van der Waals surface area contributed by atoms with Gasteiger partial charge in [0.1, 0.15) is 0 Å². The van der Waals surface area contributed by atoms with Crippen LogP contribution in [0, 0.1) is 17.0 Å². The highest BCUT2D eigenvalue weighted by Crippen LogP contribution is 2.22. The summed E-state index contributed by atoms with van der Waals surface area (Å²) in [5.74, 6) is 0. The van der Waals surface area contributed by atoms with Gasteiger partial charge in [0.2, 0.25) is 10.0 Å². The summed E-state index contributed by atoms with van der Waals surface area (Å²) in [7, 11) is -3.65. The molecule has 0 aliphatic carbocycles. The Bertz CT molecular complexity index is 645. The molecule has 7 nitrogen and oxygen atoms in total. The van der Waals surface area contributed by atoms with Gasteiger partial charge < -0.3 is 5.32 Å². The number of sulfonamides is 1. The summed E-state index contributed by atoms with van der Waals surface area (Å²) in [6.45, 7) is 4.31. The quantitative estimate of drug-likeness (QED) is 0.645. The van der Waals surface area contributed by atoms with Crippen molar-refractivity contribution >= 4 is 15.7 Å². The van der Waals surface area contributed by atoms with E-state index in [0.717, 1.165) is 19.4 Å². The van der Waals surface area contributed by atoms with Gasteiger partial charge in [-0.05, 0) is 45.4 Å². The van der Waals surface area contributed by atoms with Crippen molar-refractivity contribution in [1.82, 2.24) is 10.0 Å². The monoisotopic (exact) mass is 313 g/mol. The summed E-state index contributed by atoms with van der Waals surface area (Å²) in [6.07, 6.45) is 1.46. The van der Waals surface area contributed by atoms with Gasteiger partial charge in [-0.2, -0.15) is 0 Å². The molecule has 1 aromatic carbocycles. The number of aryl methyl sites for hydroxylation is 1. The van der Waals surface area contributed by atoms with Crippen LogP contribution in [0.15, 0.2) is 23.1 Å². The van der Waals surface area contributed by atoms with Gasteiger partial charge in [-0.1, -0.05) is 0 Å². The van der Waals surface area contributed by atoms with Gasteiger partial charge in [-0.15, -0.1) is 0 Å². The molecule has 0 bridgehead atoms.